The van der Waals surface area contributed by atoms with Gasteiger partial charge in [0.05, 0.1) is 17.6 Å². The van der Waals surface area contributed by atoms with Crippen molar-refractivity contribution < 1.29 is 4.79 Å². The number of piperidine rings is 1. The Morgan fingerprint density at radius 3 is 2.77 bits per heavy atom. The molecule has 4 rings (SSSR count). The summed E-state index contributed by atoms with van der Waals surface area (Å²) in [5.74, 6) is -0.510. The number of hydrogen-bond acceptors (Lipinski definition) is 6. The topological polar surface area (TPSA) is 102 Å². The van der Waals surface area contributed by atoms with Gasteiger partial charge in [0.25, 0.3) is 5.56 Å². The smallest absolute Gasteiger partial charge is 0.258 e. The van der Waals surface area contributed by atoms with Gasteiger partial charge >= 0.3 is 0 Å². The molecule has 0 spiro atoms. The normalized spacial score (nSPS) is 23.2. The van der Waals surface area contributed by atoms with E-state index < -0.39 is 17.7 Å². The lowest BCUT2D eigenvalue weighted by atomic mass is 9.83. The number of carbonyl (C=O) groups is 1. The quantitative estimate of drug-likeness (QED) is 0.846. The van der Waals surface area contributed by atoms with Crippen molar-refractivity contribution >= 4 is 29.0 Å². The molecule has 1 amide bonds. The molecule has 4 heterocycles. The number of rotatable bonds is 2. The van der Waals surface area contributed by atoms with Gasteiger partial charge in [0, 0.05) is 18.0 Å². The minimum atomic E-state index is -0.939. The van der Waals surface area contributed by atoms with E-state index in [-0.39, 0.29) is 11.4 Å². The standard InChI is InChI=1S/C18H19N5O2S/c1-10-4-6-23(7-5-10)18-21-15-14(17(25)22-18)13(12-3-2-8-26-12)11(9-19)16(24)20-15/h2-3,8,10-11,13H,4-7H2,1H3,(H2,20,21,22,24,25)/t11-,13+/m0/s1. The lowest BCUT2D eigenvalue weighted by molar-refractivity contribution is -0.119. The zero-order valence-corrected chi connectivity index (χ0v) is 15.2. The molecule has 0 unspecified atom stereocenters. The first-order valence-electron chi connectivity index (χ1n) is 8.71. The number of nitrogens with zero attached hydrogens (tertiary/aromatic N) is 3. The number of amides is 1. The van der Waals surface area contributed by atoms with Crippen molar-refractivity contribution in [2.24, 2.45) is 11.8 Å². The van der Waals surface area contributed by atoms with Crippen LogP contribution in [0.4, 0.5) is 11.8 Å². The Morgan fingerprint density at radius 1 is 1.35 bits per heavy atom. The van der Waals surface area contributed by atoms with Crippen LogP contribution in [-0.2, 0) is 4.79 Å². The summed E-state index contributed by atoms with van der Waals surface area (Å²) in [7, 11) is 0. The molecule has 0 radical (unpaired) electrons. The molecule has 2 aromatic heterocycles. The van der Waals surface area contributed by atoms with Gasteiger partial charge in [0.2, 0.25) is 11.9 Å². The van der Waals surface area contributed by atoms with E-state index in [0.29, 0.717) is 17.4 Å². The Balaban J connectivity index is 1.79. The number of aromatic nitrogens is 2. The molecule has 2 aromatic rings. The molecule has 2 N–H and O–H groups in total. The maximum atomic E-state index is 12.9. The van der Waals surface area contributed by atoms with E-state index in [4.69, 9.17) is 0 Å². The molecule has 0 bridgehead atoms. The second-order valence-corrected chi connectivity index (χ2v) is 7.89. The Morgan fingerprint density at radius 2 is 2.12 bits per heavy atom. The fraction of sp³-hybridized carbons (Fsp3) is 0.444. The van der Waals surface area contributed by atoms with Gasteiger partial charge in [-0.15, -0.1) is 11.3 Å². The summed E-state index contributed by atoms with van der Waals surface area (Å²) in [5, 5.41) is 14.0. The van der Waals surface area contributed by atoms with Crippen LogP contribution in [0, 0.1) is 23.2 Å². The van der Waals surface area contributed by atoms with Crippen LogP contribution in [0.5, 0.6) is 0 Å². The zero-order chi connectivity index (χ0) is 18.3. The fourth-order valence-corrected chi connectivity index (χ4v) is 4.52. The fourth-order valence-electron chi connectivity index (χ4n) is 3.64. The third-order valence-corrected chi connectivity index (χ3v) is 6.14. The first-order valence-corrected chi connectivity index (χ1v) is 9.59. The van der Waals surface area contributed by atoms with Gasteiger partial charge in [-0.05, 0) is 30.2 Å². The highest BCUT2D eigenvalue weighted by atomic mass is 32.1. The third-order valence-electron chi connectivity index (χ3n) is 5.18. The van der Waals surface area contributed by atoms with Crippen molar-refractivity contribution in [3.63, 3.8) is 0 Å². The molecule has 2 aliphatic rings. The maximum Gasteiger partial charge on any atom is 0.258 e. The second kappa shape index (κ2) is 6.57. The average Bonchev–Trinajstić information content (AvgIpc) is 3.15. The highest BCUT2D eigenvalue weighted by Crippen LogP contribution is 2.40. The molecular formula is C18H19N5O2S. The molecule has 26 heavy (non-hydrogen) atoms. The Kier molecular flexibility index (Phi) is 4.24. The molecule has 0 aliphatic carbocycles. The highest BCUT2D eigenvalue weighted by molar-refractivity contribution is 7.10. The van der Waals surface area contributed by atoms with Crippen LogP contribution in [0.15, 0.2) is 22.3 Å². The van der Waals surface area contributed by atoms with Gasteiger partial charge in [-0.25, -0.2) is 0 Å². The number of H-pyrrole nitrogens is 1. The van der Waals surface area contributed by atoms with E-state index in [1.165, 1.54) is 11.3 Å². The molecule has 7 nitrogen and oxygen atoms in total. The average molecular weight is 369 g/mol. The number of fused-ring (bicyclic) bond motifs is 1. The highest BCUT2D eigenvalue weighted by Gasteiger charge is 2.41. The molecule has 134 valence electrons. The van der Waals surface area contributed by atoms with Crippen LogP contribution in [0.2, 0.25) is 0 Å². The minimum Gasteiger partial charge on any atom is -0.342 e. The van der Waals surface area contributed by atoms with E-state index in [1.54, 1.807) is 0 Å². The molecule has 0 saturated carbocycles. The zero-order valence-electron chi connectivity index (χ0n) is 14.4. The van der Waals surface area contributed by atoms with Crippen LogP contribution in [0.1, 0.15) is 36.1 Å². The molecule has 8 heteroatoms. The Bertz CT molecular complexity index is 922. The largest absolute Gasteiger partial charge is 0.342 e. The summed E-state index contributed by atoms with van der Waals surface area (Å²) in [4.78, 5) is 35.6. The first kappa shape index (κ1) is 16.8. The van der Waals surface area contributed by atoms with Gasteiger partial charge < -0.3 is 10.2 Å². The monoisotopic (exact) mass is 369 g/mol. The van der Waals surface area contributed by atoms with Gasteiger partial charge in [-0.3, -0.25) is 14.6 Å². The van der Waals surface area contributed by atoms with Crippen LogP contribution in [0.3, 0.4) is 0 Å². The number of nitriles is 1. The van der Waals surface area contributed by atoms with E-state index >= 15 is 0 Å². The predicted octanol–water partition coefficient (Wildman–Crippen LogP) is 2.29. The lowest BCUT2D eigenvalue weighted by Gasteiger charge is -2.32. The van der Waals surface area contributed by atoms with Crippen LogP contribution in [-0.4, -0.2) is 29.0 Å². The minimum absolute atomic E-state index is 0.275. The summed E-state index contributed by atoms with van der Waals surface area (Å²) >= 11 is 1.43. The molecule has 0 aromatic carbocycles. The van der Waals surface area contributed by atoms with Gasteiger partial charge in [-0.1, -0.05) is 13.0 Å². The lowest BCUT2D eigenvalue weighted by Crippen LogP contribution is -2.40. The van der Waals surface area contributed by atoms with Crippen molar-refractivity contribution in [2.45, 2.75) is 25.7 Å². The Hall–Kier alpha value is -2.66. The first-order chi connectivity index (χ1) is 12.6. The van der Waals surface area contributed by atoms with Crippen molar-refractivity contribution in [3.05, 3.63) is 38.3 Å². The summed E-state index contributed by atoms with van der Waals surface area (Å²) in [6, 6.07) is 5.75. The van der Waals surface area contributed by atoms with Crippen LogP contribution < -0.4 is 15.8 Å². The number of hydrogen-bond donors (Lipinski definition) is 2. The SMILES string of the molecule is CC1CCN(c2nc3c(c(=O)[nH]2)[C@@H](c2cccs2)[C@H](C#N)C(=O)N3)CC1. The third kappa shape index (κ3) is 2.78. The van der Waals surface area contributed by atoms with Gasteiger partial charge in [-0.2, -0.15) is 10.2 Å². The van der Waals surface area contributed by atoms with Crippen molar-refractivity contribution in [2.75, 3.05) is 23.3 Å². The molecule has 2 aliphatic heterocycles. The molecule has 2 atom stereocenters. The number of nitrogens with one attached hydrogen (secondary N) is 2. The second-order valence-electron chi connectivity index (χ2n) is 6.91. The summed E-state index contributed by atoms with van der Waals surface area (Å²) in [6.07, 6.45) is 2.09. The van der Waals surface area contributed by atoms with Crippen molar-refractivity contribution in [1.29, 1.82) is 5.26 Å². The van der Waals surface area contributed by atoms with Crippen LogP contribution >= 0.6 is 11.3 Å². The molecule has 1 fully saturated rings. The molecule has 1 saturated heterocycles. The van der Waals surface area contributed by atoms with Crippen LogP contribution in [0.25, 0.3) is 0 Å². The summed E-state index contributed by atoms with van der Waals surface area (Å²) in [6.45, 7) is 3.87. The van der Waals surface area contributed by atoms with Gasteiger partial charge in [0.1, 0.15) is 11.7 Å². The van der Waals surface area contributed by atoms with E-state index in [0.717, 1.165) is 30.8 Å². The number of anilines is 2. The van der Waals surface area contributed by atoms with Crippen molar-refractivity contribution in [3.8, 4) is 6.07 Å². The molecular weight excluding hydrogens is 350 g/mol. The number of carbonyl (C=O) groups excluding carboxylic acids is 1. The number of thiophene rings is 1. The maximum absolute atomic E-state index is 12.9. The van der Waals surface area contributed by atoms with E-state index in [2.05, 4.69) is 22.2 Å². The van der Waals surface area contributed by atoms with E-state index in [9.17, 15) is 14.9 Å². The van der Waals surface area contributed by atoms with Gasteiger partial charge in [0.15, 0.2) is 0 Å². The van der Waals surface area contributed by atoms with E-state index in [1.807, 2.05) is 28.5 Å². The van der Waals surface area contributed by atoms with Crippen molar-refractivity contribution in [1.82, 2.24) is 9.97 Å². The predicted molar refractivity (Wildman–Crippen MR) is 99.4 cm³/mol. The number of aromatic amines is 1. The Labute approximate surface area is 154 Å². The summed E-state index contributed by atoms with van der Waals surface area (Å²) < 4.78 is 0. The summed E-state index contributed by atoms with van der Waals surface area (Å²) in [5.41, 5.74) is 0.0787.